The van der Waals surface area contributed by atoms with Crippen LogP contribution in [0, 0.1) is 0 Å². The number of nitrogens with zero attached hydrogens (tertiary/aromatic N) is 1. The van der Waals surface area contributed by atoms with Gasteiger partial charge in [-0.25, -0.2) is 0 Å². The molecular formula is C7H14ClN. The van der Waals surface area contributed by atoms with Crippen LogP contribution in [0.3, 0.4) is 0 Å². The summed E-state index contributed by atoms with van der Waals surface area (Å²) in [4.78, 5) is 1.93. The standard InChI is InChI=1S/C7H14ClN/c1-6(8)9(5)7(2,3)4/h1H2,2-5H3. The Kier molecular flexibility index (Phi) is 2.56. The van der Waals surface area contributed by atoms with Crippen molar-refractivity contribution in [2.24, 2.45) is 0 Å². The Hall–Kier alpha value is -0.170. The van der Waals surface area contributed by atoms with Gasteiger partial charge < -0.3 is 4.90 Å². The molecule has 0 amide bonds. The van der Waals surface area contributed by atoms with Crippen LogP contribution in [0.15, 0.2) is 11.7 Å². The third-order valence-corrected chi connectivity index (χ3v) is 1.62. The van der Waals surface area contributed by atoms with Crippen LogP contribution < -0.4 is 0 Å². The van der Waals surface area contributed by atoms with Gasteiger partial charge in [-0.3, -0.25) is 0 Å². The van der Waals surface area contributed by atoms with Crippen LogP contribution in [0.2, 0.25) is 0 Å². The quantitative estimate of drug-likeness (QED) is 0.515. The third-order valence-electron chi connectivity index (χ3n) is 1.37. The van der Waals surface area contributed by atoms with Crippen molar-refractivity contribution in [2.75, 3.05) is 7.05 Å². The normalized spacial score (nSPS) is 11.2. The summed E-state index contributed by atoms with van der Waals surface area (Å²) in [7, 11) is 1.93. The molecule has 0 atom stereocenters. The van der Waals surface area contributed by atoms with Crippen LogP contribution in [-0.2, 0) is 0 Å². The molecule has 0 aromatic carbocycles. The van der Waals surface area contributed by atoms with Gasteiger partial charge >= 0.3 is 0 Å². The first-order valence-electron chi connectivity index (χ1n) is 2.94. The number of hydrogen-bond acceptors (Lipinski definition) is 1. The van der Waals surface area contributed by atoms with Gasteiger partial charge in [-0.05, 0) is 20.8 Å². The maximum atomic E-state index is 5.64. The molecule has 2 heteroatoms. The van der Waals surface area contributed by atoms with Crippen molar-refractivity contribution in [3.05, 3.63) is 11.7 Å². The van der Waals surface area contributed by atoms with Gasteiger partial charge in [0, 0.05) is 12.6 Å². The minimum atomic E-state index is 0.0822. The lowest BCUT2D eigenvalue weighted by Gasteiger charge is -2.32. The van der Waals surface area contributed by atoms with E-state index in [4.69, 9.17) is 11.6 Å². The summed E-state index contributed by atoms with van der Waals surface area (Å²) >= 11 is 5.64. The average Bonchev–Trinajstić information content (AvgIpc) is 1.62. The van der Waals surface area contributed by atoms with Crippen LogP contribution in [0.5, 0.6) is 0 Å². The summed E-state index contributed by atoms with van der Waals surface area (Å²) in [5, 5.41) is 0.586. The summed E-state index contributed by atoms with van der Waals surface area (Å²) in [6, 6.07) is 0. The monoisotopic (exact) mass is 147 g/mol. The lowest BCUT2D eigenvalue weighted by molar-refractivity contribution is 0.243. The molecule has 0 bridgehead atoms. The molecule has 54 valence electrons. The van der Waals surface area contributed by atoms with Gasteiger partial charge in [0.15, 0.2) is 0 Å². The second-order valence-electron chi connectivity index (χ2n) is 3.11. The Morgan fingerprint density at radius 3 is 1.78 bits per heavy atom. The predicted octanol–water partition coefficient (Wildman–Crippen LogP) is 2.43. The van der Waals surface area contributed by atoms with Crippen LogP contribution in [0.1, 0.15) is 20.8 Å². The van der Waals surface area contributed by atoms with Gasteiger partial charge in [0.1, 0.15) is 0 Å². The summed E-state index contributed by atoms with van der Waals surface area (Å²) < 4.78 is 0. The van der Waals surface area contributed by atoms with Crippen molar-refractivity contribution < 1.29 is 0 Å². The molecule has 0 aliphatic carbocycles. The van der Waals surface area contributed by atoms with Crippen molar-refractivity contribution in [3.63, 3.8) is 0 Å². The summed E-state index contributed by atoms with van der Waals surface area (Å²) in [6.07, 6.45) is 0. The second kappa shape index (κ2) is 2.61. The highest BCUT2D eigenvalue weighted by molar-refractivity contribution is 6.28. The highest BCUT2D eigenvalue weighted by Gasteiger charge is 2.16. The molecule has 0 rings (SSSR count). The van der Waals surface area contributed by atoms with Crippen molar-refractivity contribution in [2.45, 2.75) is 26.3 Å². The Balaban J connectivity index is 4.04. The molecule has 9 heavy (non-hydrogen) atoms. The highest BCUT2D eigenvalue weighted by Crippen LogP contribution is 2.17. The molecule has 0 spiro atoms. The zero-order valence-electron chi connectivity index (χ0n) is 6.53. The molecule has 0 unspecified atom stereocenters. The zero-order valence-corrected chi connectivity index (χ0v) is 7.29. The van der Waals surface area contributed by atoms with Crippen LogP contribution in [-0.4, -0.2) is 17.5 Å². The van der Waals surface area contributed by atoms with E-state index >= 15 is 0 Å². The van der Waals surface area contributed by atoms with E-state index in [9.17, 15) is 0 Å². The van der Waals surface area contributed by atoms with Gasteiger partial charge in [0.2, 0.25) is 0 Å². The van der Waals surface area contributed by atoms with Crippen molar-refractivity contribution in [1.29, 1.82) is 0 Å². The smallest absolute Gasteiger partial charge is 0.0972 e. The molecule has 0 aliphatic heterocycles. The molecule has 0 aromatic rings. The molecule has 0 aliphatic rings. The minimum absolute atomic E-state index is 0.0822. The van der Waals surface area contributed by atoms with E-state index in [2.05, 4.69) is 27.4 Å². The largest absolute Gasteiger partial charge is 0.361 e. The predicted molar refractivity (Wildman–Crippen MR) is 42.5 cm³/mol. The molecule has 0 radical (unpaired) electrons. The SMILES string of the molecule is C=C(Cl)N(C)C(C)(C)C. The Morgan fingerprint density at radius 1 is 1.44 bits per heavy atom. The van der Waals surface area contributed by atoms with E-state index in [1.807, 2.05) is 11.9 Å². The zero-order chi connectivity index (χ0) is 7.65. The molecule has 0 N–H and O–H groups in total. The van der Waals surface area contributed by atoms with Crippen LogP contribution in [0.4, 0.5) is 0 Å². The van der Waals surface area contributed by atoms with E-state index in [1.165, 1.54) is 0 Å². The summed E-state index contributed by atoms with van der Waals surface area (Å²) in [5.74, 6) is 0. The average molecular weight is 148 g/mol. The van der Waals surface area contributed by atoms with Crippen molar-refractivity contribution in [1.82, 2.24) is 4.90 Å². The molecule has 0 aromatic heterocycles. The van der Waals surface area contributed by atoms with Gasteiger partial charge in [0.05, 0.1) is 5.16 Å². The van der Waals surface area contributed by atoms with Crippen molar-refractivity contribution in [3.8, 4) is 0 Å². The number of rotatable bonds is 1. The topological polar surface area (TPSA) is 3.24 Å². The fourth-order valence-electron chi connectivity index (χ4n) is 0.364. The Bertz CT molecular complexity index is 113. The minimum Gasteiger partial charge on any atom is -0.361 e. The Labute approximate surface area is 62.3 Å². The lowest BCUT2D eigenvalue weighted by atomic mass is 10.1. The van der Waals surface area contributed by atoms with Crippen LogP contribution >= 0.6 is 11.6 Å². The van der Waals surface area contributed by atoms with E-state index in [0.717, 1.165) is 0 Å². The van der Waals surface area contributed by atoms with Gasteiger partial charge in [-0.2, -0.15) is 0 Å². The first-order valence-corrected chi connectivity index (χ1v) is 3.31. The maximum Gasteiger partial charge on any atom is 0.0972 e. The fraction of sp³-hybridized carbons (Fsp3) is 0.714. The van der Waals surface area contributed by atoms with E-state index in [0.29, 0.717) is 5.16 Å². The van der Waals surface area contributed by atoms with Crippen molar-refractivity contribution >= 4 is 11.6 Å². The fourth-order valence-corrected chi connectivity index (χ4v) is 0.617. The number of halogens is 1. The van der Waals surface area contributed by atoms with E-state index in [-0.39, 0.29) is 5.54 Å². The first kappa shape index (κ1) is 8.83. The van der Waals surface area contributed by atoms with Gasteiger partial charge in [-0.1, -0.05) is 18.2 Å². The van der Waals surface area contributed by atoms with Gasteiger partial charge in [-0.15, -0.1) is 0 Å². The van der Waals surface area contributed by atoms with E-state index < -0.39 is 0 Å². The second-order valence-corrected chi connectivity index (χ2v) is 3.54. The third kappa shape index (κ3) is 2.75. The molecule has 1 nitrogen and oxygen atoms in total. The molecule has 0 saturated carbocycles. The Morgan fingerprint density at radius 2 is 1.78 bits per heavy atom. The summed E-state index contributed by atoms with van der Waals surface area (Å²) in [5.41, 5.74) is 0.0822. The molecule has 0 saturated heterocycles. The number of hydrogen-bond donors (Lipinski definition) is 0. The van der Waals surface area contributed by atoms with Crippen LogP contribution in [0.25, 0.3) is 0 Å². The van der Waals surface area contributed by atoms with Gasteiger partial charge in [0.25, 0.3) is 0 Å². The molecular weight excluding hydrogens is 134 g/mol. The molecule has 0 heterocycles. The highest BCUT2D eigenvalue weighted by atomic mass is 35.5. The van der Waals surface area contributed by atoms with E-state index in [1.54, 1.807) is 0 Å². The maximum absolute atomic E-state index is 5.64. The first-order chi connectivity index (χ1) is 3.85. The molecule has 0 fully saturated rings. The lowest BCUT2D eigenvalue weighted by Crippen LogP contribution is -2.35. The summed E-state index contributed by atoms with van der Waals surface area (Å²) in [6.45, 7) is 9.86.